The van der Waals surface area contributed by atoms with E-state index < -0.39 is 0 Å². The number of hydrogen-bond acceptors (Lipinski definition) is 5. The second-order valence-electron chi connectivity index (χ2n) is 5.20. The zero-order valence-corrected chi connectivity index (χ0v) is 13.1. The van der Waals surface area contributed by atoms with E-state index in [2.05, 4.69) is 16.4 Å². The number of hydrogen-bond donors (Lipinski definition) is 1. The van der Waals surface area contributed by atoms with Gasteiger partial charge in [0.2, 0.25) is 5.88 Å². The Morgan fingerprint density at radius 3 is 2.73 bits per heavy atom. The first-order valence-electron chi connectivity index (χ1n) is 7.30. The predicted molar refractivity (Wildman–Crippen MR) is 85.0 cm³/mol. The zero-order valence-electron chi connectivity index (χ0n) is 13.1. The van der Waals surface area contributed by atoms with E-state index in [1.807, 2.05) is 31.4 Å². The van der Waals surface area contributed by atoms with E-state index in [0.29, 0.717) is 5.88 Å². The molecule has 0 spiro atoms. The van der Waals surface area contributed by atoms with Crippen molar-refractivity contribution in [3.63, 3.8) is 0 Å². The lowest BCUT2D eigenvalue weighted by Crippen LogP contribution is -2.16. The lowest BCUT2D eigenvalue weighted by Gasteiger charge is -2.28. The molecule has 1 unspecified atom stereocenters. The van der Waals surface area contributed by atoms with Crippen LogP contribution < -0.4 is 19.5 Å². The minimum absolute atomic E-state index is 0.0137. The molecule has 22 heavy (non-hydrogen) atoms. The SMILES string of the molecule is CNc1cc2c(c(OC)c1)OC(c1ccc(OC)nc1)CC2. The van der Waals surface area contributed by atoms with Gasteiger partial charge in [-0.1, -0.05) is 0 Å². The summed E-state index contributed by atoms with van der Waals surface area (Å²) in [5.74, 6) is 2.19. The Morgan fingerprint density at radius 1 is 1.23 bits per heavy atom. The van der Waals surface area contributed by atoms with Gasteiger partial charge >= 0.3 is 0 Å². The van der Waals surface area contributed by atoms with E-state index >= 15 is 0 Å². The number of nitrogens with one attached hydrogen (secondary N) is 1. The summed E-state index contributed by atoms with van der Waals surface area (Å²) in [4.78, 5) is 4.25. The molecule has 0 amide bonds. The Kier molecular flexibility index (Phi) is 4.04. The van der Waals surface area contributed by atoms with Crippen LogP contribution in [0.25, 0.3) is 0 Å². The third-order valence-electron chi connectivity index (χ3n) is 3.92. The van der Waals surface area contributed by atoms with Crippen LogP contribution in [0, 0.1) is 0 Å². The van der Waals surface area contributed by atoms with Crippen molar-refractivity contribution in [1.82, 2.24) is 4.98 Å². The van der Waals surface area contributed by atoms with Crippen molar-refractivity contribution < 1.29 is 14.2 Å². The smallest absolute Gasteiger partial charge is 0.212 e. The molecule has 1 aliphatic heterocycles. The average molecular weight is 300 g/mol. The quantitative estimate of drug-likeness (QED) is 0.939. The van der Waals surface area contributed by atoms with Crippen LogP contribution in [0.1, 0.15) is 23.7 Å². The highest BCUT2D eigenvalue weighted by molar-refractivity contribution is 5.59. The average Bonchev–Trinajstić information content (AvgIpc) is 2.60. The number of pyridine rings is 1. The third-order valence-corrected chi connectivity index (χ3v) is 3.92. The molecule has 0 bridgehead atoms. The van der Waals surface area contributed by atoms with Crippen LogP contribution in [-0.2, 0) is 6.42 Å². The molecule has 1 N–H and O–H groups in total. The summed E-state index contributed by atoms with van der Waals surface area (Å²) in [6.45, 7) is 0. The molecule has 2 heterocycles. The van der Waals surface area contributed by atoms with Crippen molar-refractivity contribution in [3.05, 3.63) is 41.6 Å². The number of nitrogens with zero attached hydrogens (tertiary/aromatic N) is 1. The Balaban J connectivity index is 1.89. The van der Waals surface area contributed by atoms with Crippen molar-refractivity contribution in [3.8, 4) is 17.4 Å². The van der Waals surface area contributed by atoms with E-state index in [9.17, 15) is 0 Å². The van der Waals surface area contributed by atoms with Gasteiger partial charge in [0.05, 0.1) is 14.2 Å². The maximum atomic E-state index is 6.18. The second-order valence-corrected chi connectivity index (χ2v) is 5.20. The number of fused-ring (bicyclic) bond motifs is 1. The molecular formula is C17H20N2O3. The highest BCUT2D eigenvalue weighted by Gasteiger charge is 2.25. The van der Waals surface area contributed by atoms with E-state index in [4.69, 9.17) is 14.2 Å². The fourth-order valence-corrected chi connectivity index (χ4v) is 2.70. The molecule has 116 valence electrons. The summed E-state index contributed by atoms with van der Waals surface area (Å²) in [6, 6.07) is 7.92. The monoisotopic (exact) mass is 300 g/mol. The third kappa shape index (κ3) is 2.66. The highest BCUT2D eigenvalue weighted by Crippen LogP contribution is 2.42. The summed E-state index contributed by atoms with van der Waals surface area (Å²) >= 11 is 0. The predicted octanol–water partition coefficient (Wildman–Crippen LogP) is 3.21. The molecule has 5 heteroatoms. The van der Waals surface area contributed by atoms with Gasteiger partial charge in [0.1, 0.15) is 6.10 Å². The van der Waals surface area contributed by atoms with Gasteiger partial charge in [-0.2, -0.15) is 0 Å². The summed E-state index contributed by atoms with van der Waals surface area (Å²) in [5, 5.41) is 3.15. The minimum Gasteiger partial charge on any atom is -0.493 e. The molecule has 0 saturated heterocycles. The fraction of sp³-hybridized carbons (Fsp3) is 0.353. The van der Waals surface area contributed by atoms with Crippen LogP contribution in [0.5, 0.6) is 17.4 Å². The largest absolute Gasteiger partial charge is 0.493 e. The molecule has 0 fully saturated rings. The zero-order chi connectivity index (χ0) is 15.5. The first kappa shape index (κ1) is 14.5. The van der Waals surface area contributed by atoms with E-state index in [1.54, 1.807) is 14.2 Å². The first-order valence-corrected chi connectivity index (χ1v) is 7.30. The van der Waals surface area contributed by atoms with Crippen LogP contribution >= 0.6 is 0 Å². The first-order chi connectivity index (χ1) is 10.7. The molecule has 3 rings (SSSR count). The molecule has 1 atom stereocenters. The van der Waals surface area contributed by atoms with Gasteiger partial charge in [-0.15, -0.1) is 0 Å². The summed E-state index contributed by atoms with van der Waals surface area (Å²) < 4.78 is 16.8. The van der Waals surface area contributed by atoms with Crippen molar-refractivity contribution in [2.45, 2.75) is 18.9 Å². The maximum absolute atomic E-state index is 6.18. The van der Waals surface area contributed by atoms with Gasteiger partial charge in [-0.05, 0) is 25.0 Å². The van der Waals surface area contributed by atoms with Crippen molar-refractivity contribution in [1.29, 1.82) is 0 Å². The van der Waals surface area contributed by atoms with Gasteiger partial charge in [0.15, 0.2) is 11.5 Å². The molecule has 0 saturated carbocycles. The number of benzene rings is 1. The number of ether oxygens (including phenoxy) is 3. The molecule has 1 aromatic carbocycles. The molecule has 5 nitrogen and oxygen atoms in total. The van der Waals surface area contributed by atoms with Crippen molar-refractivity contribution in [2.75, 3.05) is 26.6 Å². The van der Waals surface area contributed by atoms with Gasteiger partial charge in [0.25, 0.3) is 0 Å². The maximum Gasteiger partial charge on any atom is 0.212 e. The van der Waals surface area contributed by atoms with Crippen molar-refractivity contribution >= 4 is 5.69 Å². The van der Waals surface area contributed by atoms with E-state index in [0.717, 1.165) is 35.6 Å². The van der Waals surface area contributed by atoms with E-state index in [-0.39, 0.29) is 6.10 Å². The van der Waals surface area contributed by atoms with Gasteiger partial charge in [0, 0.05) is 42.2 Å². The number of methoxy groups -OCH3 is 2. The molecule has 0 radical (unpaired) electrons. The van der Waals surface area contributed by atoms with Crippen molar-refractivity contribution in [2.24, 2.45) is 0 Å². The van der Waals surface area contributed by atoms with Crippen LogP contribution in [0.15, 0.2) is 30.5 Å². The fourth-order valence-electron chi connectivity index (χ4n) is 2.70. The highest BCUT2D eigenvalue weighted by atomic mass is 16.5. The molecule has 2 aromatic rings. The lowest BCUT2D eigenvalue weighted by atomic mass is 9.97. The Bertz CT molecular complexity index is 638. The molecular weight excluding hydrogens is 280 g/mol. The normalized spacial score (nSPS) is 16.4. The van der Waals surface area contributed by atoms with Gasteiger partial charge in [-0.25, -0.2) is 4.98 Å². The van der Waals surface area contributed by atoms with Crippen LogP contribution in [0.3, 0.4) is 0 Å². The van der Waals surface area contributed by atoms with Gasteiger partial charge < -0.3 is 19.5 Å². The number of aromatic nitrogens is 1. The minimum atomic E-state index is -0.0137. The van der Waals surface area contributed by atoms with Crippen LogP contribution in [-0.4, -0.2) is 26.3 Å². The Morgan fingerprint density at radius 2 is 2.09 bits per heavy atom. The van der Waals surface area contributed by atoms with Crippen LogP contribution in [0.2, 0.25) is 0 Å². The standard InChI is InChI=1S/C17H20N2O3/c1-18-13-8-11-4-6-14(22-17(11)15(9-13)20-2)12-5-7-16(21-3)19-10-12/h5,7-10,14,18H,4,6H2,1-3H3. The molecule has 1 aliphatic rings. The molecule has 0 aliphatic carbocycles. The van der Waals surface area contributed by atoms with E-state index in [1.165, 1.54) is 5.56 Å². The number of rotatable bonds is 4. The van der Waals surface area contributed by atoms with Crippen LogP contribution in [0.4, 0.5) is 5.69 Å². The van der Waals surface area contributed by atoms with Gasteiger partial charge in [-0.3, -0.25) is 0 Å². The summed E-state index contributed by atoms with van der Waals surface area (Å²) in [5.41, 5.74) is 3.25. The molecule has 1 aromatic heterocycles. The number of aryl methyl sites for hydroxylation is 1. The topological polar surface area (TPSA) is 52.6 Å². The Labute approximate surface area is 130 Å². The summed E-state index contributed by atoms with van der Waals surface area (Å²) in [7, 11) is 5.17. The summed E-state index contributed by atoms with van der Waals surface area (Å²) in [6.07, 6.45) is 3.65. The number of anilines is 1. The lowest BCUT2D eigenvalue weighted by molar-refractivity contribution is 0.168. The Hall–Kier alpha value is -2.43. The second kappa shape index (κ2) is 6.13.